The molecule has 0 fully saturated rings. The van der Waals surface area contributed by atoms with E-state index in [0.29, 0.717) is 6.42 Å². The Hall–Kier alpha value is -1.55. The molecular formula is C15H21NO3. The lowest BCUT2D eigenvalue weighted by Crippen LogP contribution is -2.22. The summed E-state index contributed by atoms with van der Waals surface area (Å²) in [6.07, 6.45) is 2.67. The van der Waals surface area contributed by atoms with Crippen LogP contribution in [-0.2, 0) is 11.2 Å². The van der Waals surface area contributed by atoms with Gasteiger partial charge in [0.05, 0.1) is 12.5 Å². The number of carboxylic acid groups (broad SMARTS) is 1. The first kappa shape index (κ1) is 13.9. The van der Waals surface area contributed by atoms with Crippen molar-refractivity contribution in [2.24, 2.45) is 5.92 Å². The number of benzene rings is 1. The molecule has 0 saturated heterocycles. The average Bonchev–Trinajstić information content (AvgIpc) is 2.43. The highest BCUT2D eigenvalue weighted by molar-refractivity contribution is 5.69. The van der Waals surface area contributed by atoms with E-state index in [1.165, 1.54) is 5.56 Å². The molecule has 2 unspecified atom stereocenters. The first-order chi connectivity index (χ1) is 9.11. The van der Waals surface area contributed by atoms with Crippen LogP contribution in [0.5, 0.6) is 5.75 Å². The van der Waals surface area contributed by atoms with E-state index in [1.54, 1.807) is 6.92 Å². The SMILES string of the molecule is CNC(CC(C)C(=O)O)c1ccc2c(c1)CCCO2. The van der Waals surface area contributed by atoms with Crippen LogP contribution in [0.4, 0.5) is 0 Å². The Morgan fingerprint density at radius 1 is 1.53 bits per heavy atom. The van der Waals surface area contributed by atoms with Gasteiger partial charge in [-0.3, -0.25) is 4.79 Å². The summed E-state index contributed by atoms with van der Waals surface area (Å²) in [4.78, 5) is 11.0. The highest BCUT2D eigenvalue weighted by atomic mass is 16.5. The van der Waals surface area contributed by atoms with Crippen LogP contribution in [0, 0.1) is 5.92 Å². The highest BCUT2D eigenvalue weighted by Crippen LogP contribution is 2.29. The van der Waals surface area contributed by atoms with Gasteiger partial charge in [0.1, 0.15) is 5.75 Å². The van der Waals surface area contributed by atoms with E-state index in [9.17, 15) is 4.79 Å². The van der Waals surface area contributed by atoms with Gasteiger partial charge in [0, 0.05) is 6.04 Å². The normalized spacial score (nSPS) is 17.2. The Kier molecular flexibility index (Phi) is 4.43. The van der Waals surface area contributed by atoms with Crippen molar-refractivity contribution < 1.29 is 14.6 Å². The van der Waals surface area contributed by atoms with Crippen LogP contribution in [0.25, 0.3) is 0 Å². The van der Waals surface area contributed by atoms with E-state index < -0.39 is 5.97 Å². The van der Waals surface area contributed by atoms with Crippen molar-refractivity contribution in [1.29, 1.82) is 0 Å². The number of fused-ring (bicyclic) bond motifs is 1. The fourth-order valence-electron chi connectivity index (χ4n) is 2.47. The number of hydrogen-bond acceptors (Lipinski definition) is 3. The summed E-state index contributed by atoms with van der Waals surface area (Å²) in [6, 6.07) is 6.24. The van der Waals surface area contributed by atoms with E-state index in [0.717, 1.165) is 30.8 Å². The molecule has 4 heteroatoms. The van der Waals surface area contributed by atoms with Crippen molar-refractivity contribution in [3.8, 4) is 5.75 Å². The van der Waals surface area contributed by atoms with Gasteiger partial charge in [0.25, 0.3) is 0 Å². The minimum absolute atomic E-state index is 0.0679. The zero-order chi connectivity index (χ0) is 13.8. The van der Waals surface area contributed by atoms with E-state index in [4.69, 9.17) is 9.84 Å². The summed E-state index contributed by atoms with van der Waals surface area (Å²) in [6.45, 7) is 2.53. The first-order valence-electron chi connectivity index (χ1n) is 6.77. The molecule has 1 aromatic rings. The Morgan fingerprint density at radius 2 is 2.32 bits per heavy atom. The number of ether oxygens (including phenoxy) is 1. The molecule has 104 valence electrons. The summed E-state index contributed by atoms with van der Waals surface area (Å²) in [5.41, 5.74) is 2.37. The van der Waals surface area contributed by atoms with E-state index in [-0.39, 0.29) is 12.0 Å². The molecule has 1 aromatic carbocycles. The minimum atomic E-state index is -0.749. The highest BCUT2D eigenvalue weighted by Gasteiger charge is 2.20. The van der Waals surface area contributed by atoms with Crippen LogP contribution >= 0.6 is 0 Å². The molecule has 2 rings (SSSR count). The third kappa shape index (κ3) is 3.26. The van der Waals surface area contributed by atoms with Crippen molar-refractivity contribution in [2.75, 3.05) is 13.7 Å². The zero-order valence-corrected chi connectivity index (χ0v) is 11.5. The molecule has 1 heterocycles. The second-order valence-electron chi connectivity index (χ2n) is 5.14. The van der Waals surface area contributed by atoms with Crippen molar-refractivity contribution in [1.82, 2.24) is 5.32 Å². The van der Waals surface area contributed by atoms with Crippen LogP contribution in [0.2, 0.25) is 0 Å². The zero-order valence-electron chi connectivity index (χ0n) is 11.5. The molecule has 0 radical (unpaired) electrons. The summed E-state index contributed by atoms with van der Waals surface area (Å²) in [5.74, 6) is -0.137. The minimum Gasteiger partial charge on any atom is -0.493 e. The van der Waals surface area contributed by atoms with Crippen molar-refractivity contribution in [3.05, 3.63) is 29.3 Å². The van der Waals surface area contributed by atoms with Crippen LogP contribution in [-0.4, -0.2) is 24.7 Å². The topological polar surface area (TPSA) is 58.6 Å². The van der Waals surface area contributed by atoms with Crippen LogP contribution in [0.1, 0.15) is 36.9 Å². The number of carboxylic acids is 1. The largest absolute Gasteiger partial charge is 0.493 e. The number of carbonyl (C=O) groups is 1. The summed E-state index contributed by atoms with van der Waals surface area (Å²) in [5, 5.41) is 12.2. The number of rotatable bonds is 5. The molecule has 4 nitrogen and oxygen atoms in total. The third-order valence-corrected chi connectivity index (χ3v) is 3.69. The molecule has 0 saturated carbocycles. The molecule has 0 aromatic heterocycles. The van der Waals surface area contributed by atoms with Crippen molar-refractivity contribution in [3.63, 3.8) is 0 Å². The monoisotopic (exact) mass is 263 g/mol. The Bertz CT molecular complexity index is 459. The number of aryl methyl sites for hydroxylation is 1. The lowest BCUT2D eigenvalue weighted by atomic mass is 9.93. The second-order valence-corrected chi connectivity index (χ2v) is 5.14. The van der Waals surface area contributed by atoms with Gasteiger partial charge >= 0.3 is 5.97 Å². The average molecular weight is 263 g/mol. The van der Waals surface area contributed by atoms with E-state index in [2.05, 4.69) is 11.4 Å². The van der Waals surface area contributed by atoms with Gasteiger partial charge in [-0.05, 0) is 43.5 Å². The quantitative estimate of drug-likeness (QED) is 0.856. The van der Waals surface area contributed by atoms with Crippen molar-refractivity contribution in [2.45, 2.75) is 32.2 Å². The fraction of sp³-hybridized carbons (Fsp3) is 0.533. The van der Waals surface area contributed by atoms with Gasteiger partial charge < -0.3 is 15.2 Å². The predicted molar refractivity (Wildman–Crippen MR) is 73.5 cm³/mol. The standard InChI is InChI=1S/C15H21NO3/c1-10(15(17)18)8-13(16-2)11-5-6-14-12(9-11)4-3-7-19-14/h5-6,9-10,13,16H,3-4,7-8H2,1-2H3,(H,17,18). The maximum atomic E-state index is 11.0. The Morgan fingerprint density at radius 3 is 3.00 bits per heavy atom. The molecule has 0 amide bonds. The van der Waals surface area contributed by atoms with Crippen LogP contribution in [0.3, 0.4) is 0 Å². The maximum Gasteiger partial charge on any atom is 0.306 e. The van der Waals surface area contributed by atoms with E-state index in [1.807, 2.05) is 19.2 Å². The first-order valence-corrected chi connectivity index (χ1v) is 6.77. The van der Waals surface area contributed by atoms with Gasteiger partial charge in [-0.15, -0.1) is 0 Å². The molecule has 19 heavy (non-hydrogen) atoms. The number of hydrogen-bond donors (Lipinski definition) is 2. The van der Waals surface area contributed by atoms with Crippen LogP contribution < -0.4 is 10.1 Å². The summed E-state index contributed by atoms with van der Waals surface area (Å²) >= 11 is 0. The predicted octanol–water partition coefficient (Wildman–Crippen LogP) is 2.38. The van der Waals surface area contributed by atoms with Gasteiger partial charge in [0.2, 0.25) is 0 Å². The van der Waals surface area contributed by atoms with Gasteiger partial charge in [-0.25, -0.2) is 0 Å². The molecule has 0 bridgehead atoms. The summed E-state index contributed by atoms with van der Waals surface area (Å²) < 4.78 is 5.60. The smallest absolute Gasteiger partial charge is 0.306 e. The summed E-state index contributed by atoms with van der Waals surface area (Å²) in [7, 11) is 1.87. The van der Waals surface area contributed by atoms with E-state index >= 15 is 0 Å². The third-order valence-electron chi connectivity index (χ3n) is 3.69. The number of aliphatic carboxylic acids is 1. The molecule has 0 aliphatic carbocycles. The lowest BCUT2D eigenvalue weighted by Gasteiger charge is -2.22. The van der Waals surface area contributed by atoms with Gasteiger partial charge in [-0.2, -0.15) is 0 Å². The van der Waals surface area contributed by atoms with Gasteiger partial charge in [0.15, 0.2) is 0 Å². The molecule has 1 aliphatic heterocycles. The molecule has 2 atom stereocenters. The molecule has 0 spiro atoms. The Balaban J connectivity index is 2.16. The lowest BCUT2D eigenvalue weighted by molar-refractivity contribution is -0.141. The molecular weight excluding hydrogens is 242 g/mol. The van der Waals surface area contributed by atoms with Crippen molar-refractivity contribution >= 4 is 5.97 Å². The fourth-order valence-corrected chi connectivity index (χ4v) is 2.47. The second kappa shape index (κ2) is 6.06. The molecule has 2 N–H and O–H groups in total. The van der Waals surface area contributed by atoms with Gasteiger partial charge in [-0.1, -0.05) is 19.1 Å². The number of nitrogens with one attached hydrogen (secondary N) is 1. The Labute approximate surface area is 113 Å². The maximum absolute atomic E-state index is 11.0. The molecule has 1 aliphatic rings. The van der Waals surface area contributed by atoms with Crippen LogP contribution in [0.15, 0.2) is 18.2 Å².